The van der Waals surface area contributed by atoms with Gasteiger partial charge in [0, 0.05) is 23.2 Å². The maximum atomic E-state index is 13.2. The summed E-state index contributed by atoms with van der Waals surface area (Å²) >= 11 is 6.13. The molecule has 0 amide bonds. The first kappa shape index (κ1) is 16.9. The molecule has 2 aromatic carbocycles. The maximum absolute atomic E-state index is 13.2. The molecule has 0 saturated carbocycles. The van der Waals surface area contributed by atoms with Crippen molar-refractivity contribution in [2.24, 2.45) is 5.10 Å². The molecule has 0 aliphatic carbocycles. The zero-order valence-electron chi connectivity index (χ0n) is 13.2. The molecule has 0 saturated heterocycles. The minimum absolute atomic E-state index is 0.369. The number of hydrogen-bond acceptors (Lipinski definition) is 3. The molecule has 1 aliphatic rings. The standard InChI is InChI=1S/C17H16ClFN2O2S/c1-3-16-14-9-6-12(18)10-15(14)17(20-21(2)24(16,22)23)11-4-7-13(19)8-5-11/h4-10,16H,3H2,1-2H3. The Morgan fingerprint density at radius 2 is 1.88 bits per heavy atom. The minimum Gasteiger partial charge on any atom is -0.207 e. The Labute approximate surface area is 145 Å². The lowest BCUT2D eigenvalue weighted by atomic mass is 9.95. The van der Waals surface area contributed by atoms with Crippen molar-refractivity contribution in [2.75, 3.05) is 7.05 Å². The molecule has 126 valence electrons. The third-order valence-corrected chi connectivity index (χ3v) is 6.43. The highest BCUT2D eigenvalue weighted by Gasteiger charge is 2.35. The summed E-state index contributed by atoms with van der Waals surface area (Å²) in [6.45, 7) is 1.82. The van der Waals surface area contributed by atoms with Crippen molar-refractivity contribution in [2.45, 2.75) is 18.6 Å². The van der Waals surface area contributed by atoms with Gasteiger partial charge in [0.05, 0.1) is 5.71 Å². The van der Waals surface area contributed by atoms with E-state index in [0.29, 0.717) is 33.8 Å². The van der Waals surface area contributed by atoms with Gasteiger partial charge in [-0.05, 0) is 48.4 Å². The number of hydrazone groups is 1. The van der Waals surface area contributed by atoms with Crippen LogP contribution in [-0.2, 0) is 10.0 Å². The summed E-state index contributed by atoms with van der Waals surface area (Å²) in [5, 5.41) is 4.07. The van der Waals surface area contributed by atoms with Crippen LogP contribution in [-0.4, -0.2) is 25.6 Å². The highest BCUT2D eigenvalue weighted by molar-refractivity contribution is 7.89. The molecule has 1 unspecified atom stereocenters. The number of fused-ring (bicyclic) bond motifs is 1. The smallest absolute Gasteiger partial charge is 0.207 e. The zero-order chi connectivity index (χ0) is 17.5. The first-order chi connectivity index (χ1) is 11.3. The molecular weight excluding hydrogens is 351 g/mol. The van der Waals surface area contributed by atoms with E-state index in [2.05, 4.69) is 5.10 Å². The predicted molar refractivity (Wildman–Crippen MR) is 93.2 cm³/mol. The number of rotatable bonds is 2. The fraction of sp³-hybridized carbons (Fsp3) is 0.235. The molecule has 2 aromatic rings. The largest absolute Gasteiger partial charge is 0.256 e. The van der Waals surface area contributed by atoms with Gasteiger partial charge in [-0.1, -0.05) is 24.6 Å². The van der Waals surface area contributed by atoms with Crippen LogP contribution < -0.4 is 0 Å². The summed E-state index contributed by atoms with van der Waals surface area (Å²) in [5.74, 6) is -0.369. The van der Waals surface area contributed by atoms with E-state index in [1.165, 1.54) is 19.2 Å². The van der Waals surface area contributed by atoms with Gasteiger partial charge in [-0.2, -0.15) is 9.52 Å². The summed E-state index contributed by atoms with van der Waals surface area (Å²) in [7, 11) is -2.22. The van der Waals surface area contributed by atoms with E-state index in [-0.39, 0.29) is 5.82 Å². The van der Waals surface area contributed by atoms with E-state index < -0.39 is 15.3 Å². The Morgan fingerprint density at radius 3 is 2.50 bits per heavy atom. The molecule has 4 nitrogen and oxygen atoms in total. The molecule has 24 heavy (non-hydrogen) atoms. The lowest BCUT2D eigenvalue weighted by molar-refractivity contribution is 0.478. The topological polar surface area (TPSA) is 49.7 Å². The normalized spacial score (nSPS) is 19.4. The maximum Gasteiger partial charge on any atom is 0.256 e. The Balaban J connectivity index is 2.32. The van der Waals surface area contributed by atoms with Crippen LogP contribution in [0.1, 0.15) is 35.3 Å². The van der Waals surface area contributed by atoms with E-state index in [1.54, 1.807) is 30.3 Å². The summed E-state index contributed by atoms with van der Waals surface area (Å²) in [6.07, 6.45) is 0.410. The molecule has 0 fully saturated rings. The van der Waals surface area contributed by atoms with Crippen LogP contribution in [0.25, 0.3) is 0 Å². The molecule has 0 aromatic heterocycles. The van der Waals surface area contributed by atoms with Crippen molar-refractivity contribution >= 4 is 27.3 Å². The van der Waals surface area contributed by atoms with Crippen LogP contribution in [0.15, 0.2) is 47.6 Å². The van der Waals surface area contributed by atoms with Crippen LogP contribution in [0.4, 0.5) is 4.39 Å². The van der Waals surface area contributed by atoms with Crippen LogP contribution in [0.5, 0.6) is 0 Å². The SMILES string of the molecule is CCC1c2ccc(Cl)cc2C(c2ccc(F)cc2)=NN(C)S1(=O)=O. The summed E-state index contributed by atoms with van der Waals surface area (Å²) in [5.41, 5.74) is 2.37. The molecule has 0 bridgehead atoms. The van der Waals surface area contributed by atoms with Gasteiger partial charge < -0.3 is 0 Å². The number of benzene rings is 2. The van der Waals surface area contributed by atoms with Crippen LogP contribution in [0.2, 0.25) is 5.02 Å². The number of sulfonamides is 1. The van der Waals surface area contributed by atoms with Crippen molar-refractivity contribution < 1.29 is 12.8 Å². The summed E-state index contributed by atoms with van der Waals surface area (Å²) in [4.78, 5) is 0. The number of hydrogen-bond donors (Lipinski definition) is 0. The molecule has 1 aliphatic heterocycles. The van der Waals surface area contributed by atoms with E-state index >= 15 is 0 Å². The van der Waals surface area contributed by atoms with Crippen LogP contribution in [0.3, 0.4) is 0 Å². The molecule has 1 atom stereocenters. The molecule has 1 heterocycles. The number of nitrogens with zero attached hydrogens (tertiary/aromatic N) is 2. The fourth-order valence-electron chi connectivity index (χ4n) is 2.86. The second kappa shape index (κ2) is 6.18. The third kappa shape index (κ3) is 2.80. The van der Waals surface area contributed by atoms with Crippen molar-refractivity contribution in [1.29, 1.82) is 0 Å². The second-order valence-corrected chi connectivity index (χ2v) is 8.13. The number of halogens is 2. The van der Waals surface area contributed by atoms with Gasteiger partial charge in [0.25, 0.3) is 10.0 Å². The second-order valence-electron chi connectivity index (χ2n) is 5.56. The first-order valence-corrected chi connectivity index (χ1v) is 9.35. The first-order valence-electron chi connectivity index (χ1n) is 7.46. The van der Waals surface area contributed by atoms with Crippen molar-refractivity contribution in [3.63, 3.8) is 0 Å². The van der Waals surface area contributed by atoms with Crippen molar-refractivity contribution in [3.8, 4) is 0 Å². The highest BCUT2D eigenvalue weighted by atomic mass is 35.5. The lowest BCUT2D eigenvalue weighted by Crippen LogP contribution is -2.26. The lowest BCUT2D eigenvalue weighted by Gasteiger charge is -2.19. The van der Waals surface area contributed by atoms with Gasteiger partial charge in [0.15, 0.2) is 0 Å². The molecule has 3 rings (SSSR count). The monoisotopic (exact) mass is 366 g/mol. The van der Waals surface area contributed by atoms with E-state index in [0.717, 1.165) is 4.41 Å². The van der Waals surface area contributed by atoms with Crippen LogP contribution >= 0.6 is 11.6 Å². The Morgan fingerprint density at radius 1 is 1.21 bits per heavy atom. The van der Waals surface area contributed by atoms with Crippen LogP contribution in [0, 0.1) is 5.82 Å². The predicted octanol–water partition coefficient (Wildman–Crippen LogP) is 3.96. The van der Waals surface area contributed by atoms with Gasteiger partial charge >= 0.3 is 0 Å². The van der Waals surface area contributed by atoms with Crippen molar-refractivity contribution in [3.05, 3.63) is 70.0 Å². The Kier molecular flexibility index (Phi) is 4.36. The Bertz CT molecular complexity index is 911. The van der Waals surface area contributed by atoms with E-state index in [1.807, 2.05) is 6.92 Å². The quantitative estimate of drug-likeness (QED) is 0.807. The van der Waals surface area contributed by atoms with Gasteiger partial charge in [0.2, 0.25) is 0 Å². The Hall–Kier alpha value is -1.92. The average Bonchev–Trinajstić information content (AvgIpc) is 2.62. The molecular formula is C17H16ClFN2O2S. The molecule has 7 heteroatoms. The molecule has 0 N–H and O–H groups in total. The average molecular weight is 367 g/mol. The summed E-state index contributed by atoms with van der Waals surface area (Å²) in [6, 6.07) is 10.9. The van der Waals surface area contributed by atoms with E-state index in [4.69, 9.17) is 11.6 Å². The van der Waals surface area contributed by atoms with E-state index in [9.17, 15) is 12.8 Å². The van der Waals surface area contributed by atoms with Gasteiger partial charge in [0.1, 0.15) is 11.1 Å². The zero-order valence-corrected chi connectivity index (χ0v) is 14.8. The van der Waals surface area contributed by atoms with Gasteiger partial charge in [-0.15, -0.1) is 0 Å². The molecule has 0 radical (unpaired) electrons. The third-order valence-electron chi connectivity index (χ3n) is 4.07. The summed E-state index contributed by atoms with van der Waals surface area (Å²) < 4.78 is 39.8. The van der Waals surface area contributed by atoms with Gasteiger partial charge in [-0.3, -0.25) is 0 Å². The minimum atomic E-state index is -3.64. The fourth-order valence-corrected chi connectivity index (χ4v) is 4.55. The van der Waals surface area contributed by atoms with Gasteiger partial charge in [-0.25, -0.2) is 12.8 Å². The molecule has 0 spiro atoms. The van der Waals surface area contributed by atoms with Crippen molar-refractivity contribution in [1.82, 2.24) is 4.41 Å². The highest BCUT2D eigenvalue weighted by Crippen LogP contribution is 2.36.